The Hall–Kier alpha value is -2.69. The zero-order valence-corrected chi connectivity index (χ0v) is 11.5. The molecule has 0 atom stereocenters. The maximum atomic E-state index is 12.3. The topological polar surface area (TPSA) is 76.2 Å². The van der Waals surface area contributed by atoms with E-state index >= 15 is 0 Å². The first kappa shape index (κ1) is 13.3. The molecule has 1 N–H and O–H groups in total. The molecule has 21 heavy (non-hydrogen) atoms. The minimum absolute atomic E-state index is 0.142. The summed E-state index contributed by atoms with van der Waals surface area (Å²) < 4.78 is 5.83. The average Bonchev–Trinajstić information content (AvgIpc) is 2.51. The molecule has 0 aliphatic rings. The van der Waals surface area contributed by atoms with E-state index in [1.807, 2.05) is 6.92 Å². The lowest BCUT2D eigenvalue weighted by Crippen LogP contribution is -2.03. The predicted octanol–water partition coefficient (Wildman–Crippen LogP) is 2.91. The molecule has 2 aromatic heterocycles. The molecule has 5 nitrogen and oxygen atoms in total. The highest BCUT2D eigenvalue weighted by Gasteiger charge is 2.14. The second kappa shape index (κ2) is 5.36. The third kappa shape index (κ3) is 2.38. The molecule has 0 fully saturated rings. The summed E-state index contributed by atoms with van der Waals surface area (Å²) in [5.41, 5.74) is 1.40. The van der Waals surface area contributed by atoms with Crippen LogP contribution in [0.3, 0.4) is 0 Å². The number of phenols is 1. The number of phenolic OH excluding ortho intramolecular Hbond substituents is 1. The zero-order valence-electron chi connectivity index (χ0n) is 11.5. The van der Waals surface area contributed by atoms with Crippen LogP contribution in [0, 0.1) is 0 Å². The Kier molecular flexibility index (Phi) is 3.39. The summed E-state index contributed by atoms with van der Waals surface area (Å²) in [4.78, 5) is 20.4. The number of nitrogens with zero attached hydrogens (tertiary/aromatic N) is 2. The van der Waals surface area contributed by atoms with Gasteiger partial charge in [-0.25, -0.2) is 4.98 Å². The van der Waals surface area contributed by atoms with Crippen LogP contribution in [0.1, 0.15) is 18.9 Å². The van der Waals surface area contributed by atoms with E-state index in [1.54, 1.807) is 12.3 Å². The standard InChI is InChI=1S/C16H14N2O3/c1-2-3-10-13(19)5-4-11-14(20)8-15(21-16(10)11)12-9-17-6-7-18-12/h4-9,19H,2-3H2,1H3. The molecule has 0 saturated carbocycles. The van der Waals surface area contributed by atoms with Gasteiger partial charge in [-0.15, -0.1) is 0 Å². The molecular weight excluding hydrogens is 268 g/mol. The first-order chi connectivity index (χ1) is 10.2. The lowest BCUT2D eigenvalue weighted by Gasteiger charge is -2.08. The van der Waals surface area contributed by atoms with Gasteiger partial charge in [0.1, 0.15) is 17.0 Å². The molecule has 0 aliphatic heterocycles. The minimum atomic E-state index is -0.158. The number of rotatable bonds is 3. The van der Waals surface area contributed by atoms with Crippen molar-refractivity contribution in [2.75, 3.05) is 0 Å². The van der Waals surface area contributed by atoms with E-state index in [1.165, 1.54) is 24.5 Å². The lowest BCUT2D eigenvalue weighted by molar-refractivity contribution is 0.466. The highest BCUT2D eigenvalue weighted by molar-refractivity contribution is 5.83. The predicted molar refractivity (Wildman–Crippen MR) is 79.2 cm³/mol. The van der Waals surface area contributed by atoms with E-state index in [2.05, 4.69) is 9.97 Å². The van der Waals surface area contributed by atoms with Crippen molar-refractivity contribution in [2.45, 2.75) is 19.8 Å². The maximum absolute atomic E-state index is 12.3. The first-order valence-corrected chi connectivity index (χ1v) is 6.75. The molecule has 3 rings (SSSR count). The summed E-state index contributed by atoms with van der Waals surface area (Å²) in [6.07, 6.45) is 6.10. The second-order valence-corrected chi connectivity index (χ2v) is 4.76. The van der Waals surface area contributed by atoms with E-state index in [0.29, 0.717) is 34.4 Å². The van der Waals surface area contributed by atoms with Crippen molar-refractivity contribution >= 4 is 11.0 Å². The monoisotopic (exact) mass is 282 g/mol. The normalized spacial score (nSPS) is 10.9. The van der Waals surface area contributed by atoms with E-state index < -0.39 is 0 Å². The van der Waals surface area contributed by atoms with Crippen LogP contribution >= 0.6 is 0 Å². The summed E-state index contributed by atoms with van der Waals surface area (Å²) in [7, 11) is 0. The van der Waals surface area contributed by atoms with Gasteiger partial charge in [-0.1, -0.05) is 13.3 Å². The van der Waals surface area contributed by atoms with Crippen molar-refractivity contribution in [3.63, 3.8) is 0 Å². The van der Waals surface area contributed by atoms with Crippen LogP contribution in [0.4, 0.5) is 0 Å². The van der Waals surface area contributed by atoms with E-state index in [4.69, 9.17) is 4.42 Å². The van der Waals surface area contributed by atoms with Crippen LogP contribution in [0.25, 0.3) is 22.4 Å². The molecule has 0 amide bonds. The van der Waals surface area contributed by atoms with Gasteiger partial charge in [0, 0.05) is 24.0 Å². The van der Waals surface area contributed by atoms with Gasteiger partial charge in [0.25, 0.3) is 0 Å². The van der Waals surface area contributed by atoms with Crippen LogP contribution in [0.5, 0.6) is 5.75 Å². The molecule has 0 radical (unpaired) electrons. The third-order valence-corrected chi connectivity index (χ3v) is 3.29. The molecule has 3 aromatic rings. The summed E-state index contributed by atoms with van der Waals surface area (Å²) in [5, 5.41) is 10.5. The molecular formula is C16H14N2O3. The first-order valence-electron chi connectivity index (χ1n) is 6.75. The molecule has 5 heteroatoms. The fourth-order valence-corrected chi connectivity index (χ4v) is 2.31. The van der Waals surface area contributed by atoms with Crippen LogP contribution in [-0.4, -0.2) is 15.1 Å². The average molecular weight is 282 g/mol. The Balaban J connectivity index is 2.31. The number of hydrogen-bond donors (Lipinski definition) is 1. The minimum Gasteiger partial charge on any atom is -0.508 e. The van der Waals surface area contributed by atoms with Gasteiger partial charge in [-0.05, 0) is 18.6 Å². The van der Waals surface area contributed by atoms with Crippen LogP contribution < -0.4 is 5.43 Å². The highest BCUT2D eigenvalue weighted by Crippen LogP contribution is 2.29. The van der Waals surface area contributed by atoms with Crippen molar-refractivity contribution in [3.8, 4) is 17.2 Å². The second-order valence-electron chi connectivity index (χ2n) is 4.76. The van der Waals surface area contributed by atoms with Gasteiger partial charge in [0.05, 0.1) is 11.6 Å². The number of aromatic nitrogens is 2. The quantitative estimate of drug-likeness (QED) is 0.799. The molecule has 1 aromatic carbocycles. The van der Waals surface area contributed by atoms with Crippen LogP contribution in [-0.2, 0) is 6.42 Å². The highest BCUT2D eigenvalue weighted by atomic mass is 16.3. The smallest absolute Gasteiger partial charge is 0.193 e. The van der Waals surface area contributed by atoms with E-state index in [0.717, 1.165) is 6.42 Å². The largest absolute Gasteiger partial charge is 0.508 e. The van der Waals surface area contributed by atoms with Gasteiger partial charge in [0.2, 0.25) is 0 Å². The van der Waals surface area contributed by atoms with Gasteiger partial charge >= 0.3 is 0 Å². The summed E-state index contributed by atoms with van der Waals surface area (Å²) in [5.74, 6) is 0.493. The van der Waals surface area contributed by atoms with Gasteiger partial charge < -0.3 is 9.52 Å². The maximum Gasteiger partial charge on any atom is 0.193 e. The molecule has 0 spiro atoms. The van der Waals surface area contributed by atoms with Crippen molar-refractivity contribution < 1.29 is 9.52 Å². The van der Waals surface area contributed by atoms with Crippen LogP contribution in [0.15, 0.2) is 46.0 Å². The fourth-order valence-electron chi connectivity index (χ4n) is 2.31. The number of aryl methyl sites for hydroxylation is 1. The Morgan fingerprint density at radius 3 is 2.86 bits per heavy atom. The van der Waals surface area contributed by atoms with Gasteiger partial charge in [0.15, 0.2) is 11.2 Å². The molecule has 0 bridgehead atoms. The summed E-state index contributed by atoms with van der Waals surface area (Å²) in [6.45, 7) is 2.00. The number of benzene rings is 1. The molecule has 106 valence electrons. The molecule has 0 saturated heterocycles. The van der Waals surface area contributed by atoms with Crippen molar-refractivity contribution in [2.24, 2.45) is 0 Å². The van der Waals surface area contributed by atoms with Crippen molar-refractivity contribution in [3.05, 3.63) is 52.6 Å². The van der Waals surface area contributed by atoms with Crippen LogP contribution in [0.2, 0.25) is 0 Å². The molecule has 0 aliphatic carbocycles. The zero-order chi connectivity index (χ0) is 14.8. The van der Waals surface area contributed by atoms with Gasteiger partial charge in [-0.2, -0.15) is 0 Å². The molecule has 0 unspecified atom stereocenters. The van der Waals surface area contributed by atoms with Crippen molar-refractivity contribution in [1.82, 2.24) is 9.97 Å². The third-order valence-electron chi connectivity index (χ3n) is 3.29. The number of aromatic hydroxyl groups is 1. The van der Waals surface area contributed by atoms with E-state index in [-0.39, 0.29) is 11.2 Å². The molecule has 2 heterocycles. The summed E-state index contributed by atoms with van der Waals surface area (Å²) >= 11 is 0. The SMILES string of the molecule is CCCc1c(O)ccc2c(=O)cc(-c3cnccn3)oc12. The number of fused-ring (bicyclic) bond motifs is 1. The Bertz CT molecular complexity index is 841. The lowest BCUT2D eigenvalue weighted by atomic mass is 10.0. The fraction of sp³-hybridized carbons (Fsp3) is 0.188. The van der Waals surface area contributed by atoms with E-state index in [9.17, 15) is 9.90 Å². The Morgan fingerprint density at radius 2 is 2.14 bits per heavy atom. The number of hydrogen-bond acceptors (Lipinski definition) is 5. The van der Waals surface area contributed by atoms with Gasteiger partial charge in [-0.3, -0.25) is 9.78 Å². The van der Waals surface area contributed by atoms with Crippen molar-refractivity contribution in [1.29, 1.82) is 0 Å². The Morgan fingerprint density at radius 1 is 1.29 bits per heavy atom. The Labute approximate surface area is 120 Å². The summed E-state index contributed by atoms with van der Waals surface area (Å²) in [6, 6.07) is 4.52.